The first-order valence-electron chi connectivity index (χ1n) is 11.4. The number of nitrogens with zero attached hydrogens (tertiary/aromatic N) is 3. The fourth-order valence-corrected chi connectivity index (χ4v) is 3.02. The van der Waals surface area contributed by atoms with Crippen molar-refractivity contribution in [1.82, 2.24) is 15.0 Å². The quantitative estimate of drug-likeness (QED) is 0.414. The van der Waals surface area contributed by atoms with Crippen LogP contribution in [-0.2, 0) is 16.2 Å². The van der Waals surface area contributed by atoms with Gasteiger partial charge in [0.2, 0.25) is 0 Å². The summed E-state index contributed by atoms with van der Waals surface area (Å²) in [6, 6.07) is 7.56. The van der Waals surface area contributed by atoms with E-state index in [0.29, 0.717) is 29.1 Å². The van der Waals surface area contributed by atoms with Crippen LogP contribution in [0, 0.1) is 0 Å². The molecule has 7 nitrogen and oxygen atoms in total. The number of hydrogen-bond acceptors (Lipinski definition) is 7. The van der Waals surface area contributed by atoms with E-state index in [1.165, 1.54) is 6.39 Å². The molecule has 3 aromatic heterocycles. The lowest BCUT2D eigenvalue weighted by Gasteiger charge is -2.19. The first kappa shape index (κ1) is 29.6. The molecule has 0 N–H and O–H groups in total. The molecule has 0 amide bonds. The molecular weight excluding hydrogens is 442 g/mol. The van der Waals surface area contributed by atoms with E-state index in [1.54, 1.807) is 12.4 Å². The van der Waals surface area contributed by atoms with E-state index in [1.807, 2.05) is 45.0 Å². The highest BCUT2D eigenvalue weighted by atomic mass is 16.3. The van der Waals surface area contributed by atoms with Gasteiger partial charge in [0.1, 0.15) is 22.8 Å². The van der Waals surface area contributed by atoms with Crippen molar-refractivity contribution < 1.29 is 18.8 Å². The van der Waals surface area contributed by atoms with Gasteiger partial charge in [-0.1, -0.05) is 68.4 Å². The SMILES string of the molecule is CC(C)(C)c1cccnc1C=O.CC(C)(C)c1ccnc(C=O)c1.CC(C)(C)c1ocnc1C=O. The van der Waals surface area contributed by atoms with Crippen molar-refractivity contribution in [2.45, 2.75) is 78.6 Å². The maximum Gasteiger partial charge on any atom is 0.181 e. The van der Waals surface area contributed by atoms with Crippen LogP contribution in [0.1, 0.15) is 111 Å². The number of aromatic nitrogens is 3. The third-order valence-corrected chi connectivity index (χ3v) is 4.91. The minimum Gasteiger partial charge on any atom is -0.447 e. The van der Waals surface area contributed by atoms with E-state index < -0.39 is 0 Å². The maximum atomic E-state index is 10.6. The van der Waals surface area contributed by atoms with E-state index in [4.69, 9.17) is 4.42 Å². The van der Waals surface area contributed by atoms with Crippen molar-refractivity contribution in [2.24, 2.45) is 0 Å². The lowest BCUT2D eigenvalue weighted by atomic mass is 9.86. The molecule has 0 aromatic carbocycles. The Balaban J connectivity index is 0.000000263. The number of oxazole rings is 1. The Morgan fingerprint density at radius 1 is 0.686 bits per heavy atom. The van der Waals surface area contributed by atoms with Crippen molar-refractivity contribution in [2.75, 3.05) is 0 Å². The number of hydrogen-bond donors (Lipinski definition) is 0. The summed E-state index contributed by atoms with van der Waals surface area (Å²) < 4.78 is 5.08. The van der Waals surface area contributed by atoms with Crippen LogP contribution in [-0.4, -0.2) is 33.8 Å². The van der Waals surface area contributed by atoms with Crippen molar-refractivity contribution >= 4 is 18.9 Å². The second-order valence-electron chi connectivity index (χ2n) is 11.1. The van der Waals surface area contributed by atoms with Gasteiger partial charge in [-0.3, -0.25) is 24.4 Å². The van der Waals surface area contributed by atoms with Gasteiger partial charge in [0.05, 0.1) is 0 Å². The summed E-state index contributed by atoms with van der Waals surface area (Å²) in [6.45, 7) is 18.4. The standard InChI is InChI=1S/2C10H13NO.C8H11NO2/c1-10(2,3)8-4-5-11-9(6-8)7-12;1-10(2,3)8-5-4-6-11-9(8)7-12;1-8(2,3)7-6(4-10)9-5-11-7/h2*4-7H,1-3H3;4-5H,1-3H3. The molecule has 0 aliphatic rings. The first-order valence-corrected chi connectivity index (χ1v) is 11.4. The van der Waals surface area contributed by atoms with Crippen LogP contribution in [0.3, 0.4) is 0 Å². The summed E-state index contributed by atoms with van der Waals surface area (Å²) in [5.74, 6) is 0.646. The van der Waals surface area contributed by atoms with Crippen molar-refractivity contribution in [3.8, 4) is 0 Å². The average molecular weight is 480 g/mol. The van der Waals surface area contributed by atoms with Crippen LogP contribution in [0.4, 0.5) is 0 Å². The minimum absolute atomic E-state index is 0.00942. The number of rotatable bonds is 3. The topological polar surface area (TPSA) is 103 Å². The number of pyridine rings is 2. The van der Waals surface area contributed by atoms with Crippen molar-refractivity contribution in [1.29, 1.82) is 0 Å². The minimum atomic E-state index is -0.146. The molecule has 0 radical (unpaired) electrons. The Morgan fingerprint density at radius 2 is 1.31 bits per heavy atom. The Kier molecular flexibility index (Phi) is 10.4. The molecule has 0 aliphatic carbocycles. The summed E-state index contributed by atoms with van der Waals surface area (Å²) in [5.41, 5.74) is 3.52. The lowest BCUT2D eigenvalue weighted by Crippen LogP contribution is -2.14. The monoisotopic (exact) mass is 479 g/mol. The van der Waals surface area contributed by atoms with Gasteiger partial charge in [-0.25, -0.2) is 4.98 Å². The first-order chi connectivity index (χ1) is 16.1. The normalized spacial score (nSPS) is 11.3. The molecule has 0 fully saturated rings. The zero-order valence-corrected chi connectivity index (χ0v) is 22.2. The third kappa shape index (κ3) is 9.35. The number of aldehydes is 3. The molecule has 7 heteroatoms. The van der Waals surface area contributed by atoms with Crippen LogP contribution in [0.25, 0.3) is 0 Å². The summed E-state index contributed by atoms with van der Waals surface area (Å²) in [5, 5.41) is 0. The molecular formula is C28H37N3O4. The zero-order valence-electron chi connectivity index (χ0n) is 22.2. The predicted molar refractivity (Wildman–Crippen MR) is 137 cm³/mol. The second kappa shape index (κ2) is 12.3. The fraction of sp³-hybridized carbons (Fsp3) is 0.429. The molecule has 0 spiro atoms. The largest absolute Gasteiger partial charge is 0.447 e. The van der Waals surface area contributed by atoms with Gasteiger partial charge in [0, 0.05) is 17.8 Å². The van der Waals surface area contributed by atoms with Gasteiger partial charge in [-0.2, -0.15) is 0 Å². The smallest absolute Gasteiger partial charge is 0.181 e. The zero-order chi connectivity index (χ0) is 26.9. The predicted octanol–water partition coefficient (Wildman–Crippen LogP) is 6.17. The van der Waals surface area contributed by atoms with Crippen LogP contribution in [0.5, 0.6) is 0 Å². The summed E-state index contributed by atoms with van der Waals surface area (Å²) >= 11 is 0. The average Bonchev–Trinajstić information content (AvgIpc) is 3.29. The molecule has 0 atom stereocenters. The van der Waals surface area contributed by atoms with Gasteiger partial charge in [-0.15, -0.1) is 0 Å². The Hall–Kier alpha value is -3.48. The van der Waals surface area contributed by atoms with Crippen LogP contribution in [0.2, 0.25) is 0 Å². The van der Waals surface area contributed by atoms with Gasteiger partial charge in [0.25, 0.3) is 0 Å². The van der Waals surface area contributed by atoms with Crippen LogP contribution >= 0.6 is 0 Å². The Bertz CT molecular complexity index is 1110. The second-order valence-corrected chi connectivity index (χ2v) is 11.1. The van der Waals surface area contributed by atoms with Crippen LogP contribution in [0.15, 0.2) is 47.5 Å². The number of carbonyl (C=O) groups excluding carboxylic acids is 3. The fourth-order valence-electron chi connectivity index (χ4n) is 3.02. The summed E-state index contributed by atoms with van der Waals surface area (Å²) in [7, 11) is 0. The third-order valence-electron chi connectivity index (χ3n) is 4.91. The summed E-state index contributed by atoms with van der Waals surface area (Å²) in [4.78, 5) is 43.1. The lowest BCUT2D eigenvalue weighted by molar-refractivity contribution is 0.110. The van der Waals surface area contributed by atoms with Crippen LogP contribution < -0.4 is 0 Å². The van der Waals surface area contributed by atoms with E-state index in [9.17, 15) is 14.4 Å². The molecule has 35 heavy (non-hydrogen) atoms. The highest BCUT2D eigenvalue weighted by molar-refractivity contribution is 5.75. The van der Waals surface area contributed by atoms with E-state index in [0.717, 1.165) is 23.7 Å². The van der Waals surface area contributed by atoms with Gasteiger partial charge in [0.15, 0.2) is 25.3 Å². The molecule has 3 rings (SSSR count). The maximum absolute atomic E-state index is 10.6. The molecule has 188 valence electrons. The van der Waals surface area contributed by atoms with Crippen molar-refractivity contribution in [3.63, 3.8) is 0 Å². The summed E-state index contributed by atoms with van der Waals surface area (Å²) in [6.07, 6.45) is 6.90. The molecule has 0 saturated carbocycles. The molecule has 0 saturated heterocycles. The number of carbonyl (C=O) groups is 3. The molecule has 0 bridgehead atoms. The Labute approximate surface area is 208 Å². The molecule has 0 unspecified atom stereocenters. The van der Waals surface area contributed by atoms with E-state index in [2.05, 4.69) is 56.5 Å². The molecule has 0 aliphatic heterocycles. The molecule has 3 aromatic rings. The van der Waals surface area contributed by atoms with E-state index in [-0.39, 0.29) is 16.2 Å². The van der Waals surface area contributed by atoms with Crippen molar-refractivity contribution in [3.05, 3.63) is 77.0 Å². The highest BCUT2D eigenvalue weighted by Crippen LogP contribution is 2.24. The molecule has 3 heterocycles. The van der Waals surface area contributed by atoms with Gasteiger partial charge >= 0.3 is 0 Å². The Morgan fingerprint density at radius 3 is 1.74 bits per heavy atom. The van der Waals surface area contributed by atoms with E-state index >= 15 is 0 Å². The van der Waals surface area contributed by atoms with Gasteiger partial charge < -0.3 is 4.42 Å². The highest BCUT2D eigenvalue weighted by Gasteiger charge is 2.22. The van der Waals surface area contributed by atoms with Gasteiger partial charge in [-0.05, 0) is 40.2 Å².